The van der Waals surface area contributed by atoms with E-state index < -0.39 is 28.9 Å². The van der Waals surface area contributed by atoms with Crippen molar-refractivity contribution < 1.29 is 29.7 Å². The molecule has 0 aliphatic rings. The highest BCUT2D eigenvalue weighted by molar-refractivity contribution is 5.66. The Morgan fingerprint density at radius 1 is 1.24 bits per heavy atom. The Labute approximate surface area is 95.3 Å². The summed E-state index contributed by atoms with van der Waals surface area (Å²) in [6.45, 7) is -0.555. The van der Waals surface area contributed by atoms with Crippen LogP contribution in [0.1, 0.15) is 25.7 Å². The average molecular weight is 252 g/mol. The smallest absolute Gasteiger partial charge is 0.303 e. The van der Waals surface area contributed by atoms with Gasteiger partial charge in [0.2, 0.25) is 0 Å². The number of aliphatic carboxylic acids is 1. The molecule has 0 amide bonds. The summed E-state index contributed by atoms with van der Waals surface area (Å²) in [5, 5.41) is 26.2. The standard InChI is InChI=1S/C7H12N2O8/c10-7(11)4-2-1-3-6(17-9(14)15)5-16-8(12)13/h6H,1-5H2,(H,10,11). The second kappa shape index (κ2) is 8.07. The average Bonchev–Trinajstić information content (AvgIpc) is 2.19. The molecule has 0 aromatic heterocycles. The molecule has 1 atom stereocenters. The molecule has 0 heterocycles. The van der Waals surface area contributed by atoms with Gasteiger partial charge in [0.05, 0.1) is 0 Å². The van der Waals surface area contributed by atoms with Crippen LogP contribution in [0.15, 0.2) is 0 Å². The van der Waals surface area contributed by atoms with Crippen LogP contribution < -0.4 is 0 Å². The molecular weight excluding hydrogens is 240 g/mol. The monoisotopic (exact) mass is 252 g/mol. The molecule has 0 saturated heterocycles. The molecule has 10 nitrogen and oxygen atoms in total. The molecule has 98 valence electrons. The minimum atomic E-state index is -1.08. The second-order valence-electron chi connectivity index (χ2n) is 3.11. The highest BCUT2D eigenvalue weighted by Gasteiger charge is 2.15. The van der Waals surface area contributed by atoms with Crippen LogP contribution in [0.5, 0.6) is 0 Å². The topological polar surface area (TPSA) is 142 Å². The Morgan fingerprint density at radius 2 is 1.88 bits per heavy atom. The van der Waals surface area contributed by atoms with E-state index in [4.69, 9.17) is 5.11 Å². The first-order chi connectivity index (χ1) is 7.91. The fourth-order valence-electron chi connectivity index (χ4n) is 1.08. The minimum Gasteiger partial charge on any atom is -0.481 e. The van der Waals surface area contributed by atoms with E-state index in [9.17, 15) is 25.0 Å². The maximum Gasteiger partial charge on any atom is 0.303 e. The number of hydrogen-bond acceptors (Lipinski definition) is 7. The van der Waals surface area contributed by atoms with Gasteiger partial charge in [0, 0.05) is 6.42 Å². The lowest BCUT2D eigenvalue weighted by Crippen LogP contribution is -2.24. The summed E-state index contributed by atoms with van der Waals surface area (Å²) in [6, 6.07) is 0. The third-order valence-electron chi connectivity index (χ3n) is 1.77. The molecule has 0 spiro atoms. The predicted octanol–water partition coefficient (Wildman–Crippen LogP) is 0.417. The molecular formula is C7H12N2O8. The second-order valence-corrected chi connectivity index (χ2v) is 3.11. The van der Waals surface area contributed by atoms with E-state index in [1.165, 1.54) is 0 Å². The highest BCUT2D eigenvalue weighted by atomic mass is 17.0. The fraction of sp³-hybridized carbons (Fsp3) is 0.857. The summed E-state index contributed by atoms with van der Waals surface area (Å²) >= 11 is 0. The predicted molar refractivity (Wildman–Crippen MR) is 50.9 cm³/mol. The van der Waals surface area contributed by atoms with Gasteiger partial charge in [-0.3, -0.25) is 4.79 Å². The van der Waals surface area contributed by atoms with Crippen LogP contribution in [0.4, 0.5) is 0 Å². The third kappa shape index (κ3) is 10.2. The number of carboxylic acids is 1. The molecule has 0 aliphatic heterocycles. The number of carbonyl (C=O) groups is 1. The summed E-state index contributed by atoms with van der Waals surface area (Å²) in [6.07, 6.45) is -0.370. The van der Waals surface area contributed by atoms with Gasteiger partial charge in [-0.15, -0.1) is 20.2 Å². The van der Waals surface area contributed by atoms with Crippen LogP contribution in [0.2, 0.25) is 0 Å². The zero-order valence-electron chi connectivity index (χ0n) is 8.81. The summed E-state index contributed by atoms with van der Waals surface area (Å²) in [7, 11) is 0. The van der Waals surface area contributed by atoms with Gasteiger partial charge in [-0.25, -0.2) is 0 Å². The summed E-state index contributed by atoms with van der Waals surface area (Å²) in [5.74, 6) is -0.974. The lowest BCUT2D eigenvalue weighted by Gasteiger charge is -2.12. The zero-order chi connectivity index (χ0) is 13.3. The summed E-state index contributed by atoms with van der Waals surface area (Å²) in [5.41, 5.74) is 0. The molecule has 0 rings (SSSR count). The molecule has 1 N–H and O–H groups in total. The number of carboxylic acid groups (broad SMARTS) is 1. The lowest BCUT2D eigenvalue weighted by molar-refractivity contribution is -0.790. The van der Waals surface area contributed by atoms with E-state index in [0.717, 1.165) is 0 Å². The van der Waals surface area contributed by atoms with Crippen LogP contribution >= 0.6 is 0 Å². The van der Waals surface area contributed by atoms with E-state index >= 15 is 0 Å². The van der Waals surface area contributed by atoms with Gasteiger partial charge in [0.25, 0.3) is 10.2 Å². The van der Waals surface area contributed by atoms with E-state index in [-0.39, 0.29) is 12.8 Å². The van der Waals surface area contributed by atoms with Crippen molar-refractivity contribution in [1.82, 2.24) is 0 Å². The van der Waals surface area contributed by atoms with Gasteiger partial charge in [-0.05, 0) is 12.8 Å². The maximum atomic E-state index is 10.2. The van der Waals surface area contributed by atoms with Gasteiger partial charge < -0.3 is 14.8 Å². The maximum absolute atomic E-state index is 10.2. The molecule has 10 heteroatoms. The van der Waals surface area contributed by atoms with Crippen molar-refractivity contribution in [3.05, 3.63) is 20.2 Å². The first-order valence-corrected chi connectivity index (χ1v) is 4.72. The van der Waals surface area contributed by atoms with Crippen molar-refractivity contribution in [2.24, 2.45) is 0 Å². The Morgan fingerprint density at radius 3 is 2.35 bits per heavy atom. The Bertz CT molecular complexity index is 281. The van der Waals surface area contributed by atoms with Crippen LogP contribution in [-0.4, -0.2) is 34.0 Å². The van der Waals surface area contributed by atoms with Crippen molar-refractivity contribution in [2.45, 2.75) is 31.8 Å². The normalized spacial score (nSPS) is 11.5. The quantitative estimate of drug-likeness (QED) is 0.334. The first-order valence-electron chi connectivity index (χ1n) is 4.72. The number of unbranched alkanes of at least 4 members (excludes halogenated alkanes) is 1. The molecule has 0 radical (unpaired) electrons. The largest absolute Gasteiger partial charge is 0.481 e. The zero-order valence-corrected chi connectivity index (χ0v) is 8.81. The van der Waals surface area contributed by atoms with Crippen LogP contribution in [0.3, 0.4) is 0 Å². The summed E-state index contributed by atoms with van der Waals surface area (Å²) < 4.78 is 0. The summed E-state index contributed by atoms with van der Waals surface area (Å²) in [4.78, 5) is 38.2. The van der Waals surface area contributed by atoms with Gasteiger partial charge in [-0.1, -0.05) is 6.42 Å². The van der Waals surface area contributed by atoms with Crippen molar-refractivity contribution in [3.63, 3.8) is 0 Å². The van der Waals surface area contributed by atoms with Crippen molar-refractivity contribution in [3.8, 4) is 0 Å². The molecule has 17 heavy (non-hydrogen) atoms. The molecule has 0 aliphatic carbocycles. The van der Waals surface area contributed by atoms with E-state index in [2.05, 4.69) is 9.68 Å². The number of rotatable bonds is 10. The number of hydrogen-bond donors (Lipinski definition) is 1. The Kier molecular flexibility index (Phi) is 7.06. The van der Waals surface area contributed by atoms with Gasteiger partial charge in [0.15, 0.2) is 0 Å². The number of nitrogens with zero attached hydrogens (tertiary/aromatic N) is 2. The van der Waals surface area contributed by atoms with Crippen LogP contribution in [0.25, 0.3) is 0 Å². The fourth-order valence-corrected chi connectivity index (χ4v) is 1.08. The molecule has 0 saturated carbocycles. The highest BCUT2D eigenvalue weighted by Crippen LogP contribution is 2.08. The van der Waals surface area contributed by atoms with E-state index in [1.807, 2.05) is 0 Å². The molecule has 0 aromatic carbocycles. The van der Waals surface area contributed by atoms with E-state index in [1.54, 1.807) is 0 Å². The molecule has 0 aromatic rings. The van der Waals surface area contributed by atoms with Crippen molar-refractivity contribution in [1.29, 1.82) is 0 Å². The van der Waals surface area contributed by atoms with Gasteiger partial charge in [-0.2, -0.15) is 0 Å². The van der Waals surface area contributed by atoms with E-state index in [0.29, 0.717) is 12.8 Å². The minimum absolute atomic E-state index is 0.0682. The lowest BCUT2D eigenvalue weighted by atomic mass is 10.1. The Balaban J connectivity index is 3.88. The molecule has 1 unspecified atom stereocenters. The van der Waals surface area contributed by atoms with Crippen LogP contribution in [-0.2, 0) is 14.5 Å². The van der Waals surface area contributed by atoms with Crippen LogP contribution in [0, 0.1) is 20.2 Å². The SMILES string of the molecule is O=C(O)CCCCC(CO[N+](=O)[O-])O[N+](=O)[O-]. The molecule has 0 fully saturated rings. The van der Waals surface area contributed by atoms with Gasteiger partial charge in [0.1, 0.15) is 12.7 Å². The van der Waals surface area contributed by atoms with Crippen molar-refractivity contribution in [2.75, 3.05) is 6.61 Å². The van der Waals surface area contributed by atoms with Crippen molar-refractivity contribution >= 4 is 5.97 Å². The first kappa shape index (κ1) is 14.9. The molecule has 0 bridgehead atoms. The van der Waals surface area contributed by atoms with Gasteiger partial charge >= 0.3 is 5.97 Å². The Hall–Kier alpha value is -2.13. The third-order valence-corrected chi connectivity index (χ3v) is 1.77.